The topological polar surface area (TPSA) is 43.1 Å². The smallest absolute Gasteiger partial charge is 0.187 e. The molecule has 3 heteroatoms. The van der Waals surface area contributed by atoms with Gasteiger partial charge in [-0.3, -0.25) is 4.79 Å². The van der Waals surface area contributed by atoms with Crippen LogP contribution in [-0.2, 0) is 0 Å². The summed E-state index contributed by atoms with van der Waals surface area (Å²) in [5.41, 5.74) is 6.54. The quantitative estimate of drug-likeness (QED) is 0.478. The molecule has 0 heterocycles. The first-order valence-electron chi connectivity index (χ1n) is 3.37. The van der Waals surface area contributed by atoms with Crippen molar-refractivity contribution < 1.29 is 4.79 Å². The highest BCUT2D eigenvalue weighted by Gasteiger charge is 2.05. The molecule has 0 radical (unpaired) electrons. The Bertz CT molecular complexity index is 333. The van der Waals surface area contributed by atoms with Crippen molar-refractivity contribution >= 4 is 27.4 Å². The molecule has 1 rings (SSSR count). The van der Waals surface area contributed by atoms with E-state index in [0.29, 0.717) is 11.3 Å². The largest absolute Gasteiger partial charge is 0.398 e. The zero-order valence-electron chi connectivity index (χ0n) is 6.38. The molecule has 0 amide bonds. The minimum atomic E-state index is -0.159. The number of anilines is 1. The van der Waals surface area contributed by atoms with Crippen LogP contribution in [0.1, 0.15) is 10.4 Å². The fourth-order valence-electron chi connectivity index (χ4n) is 0.852. The molecule has 1 aromatic carbocycles. The molecule has 1 aromatic rings. The lowest BCUT2D eigenvalue weighted by molar-refractivity contribution is 0.104. The number of nitrogens with two attached hydrogens (primary N) is 1. The van der Waals surface area contributed by atoms with Gasteiger partial charge < -0.3 is 5.73 Å². The van der Waals surface area contributed by atoms with Crippen molar-refractivity contribution in [3.63, 3.8) is 0 Å². The van der Waals surface area contributed by atoms with Crippen LogP contribution in [0.25, 0.3) is 0 Å². The van der Waals surface area contributed by atoms with E-state index in [1.807, 2.05) is 0 Å². The molecular weight excluding hydrogens is 218 g/mol. The van der Waals surface area contributed by atoms with E-state index in [1.165, 1.54) is 6.08 Å². The molecule has 0 aliphatic heterocycles. The fourth-order valence-corrected chi connectivity index (χ4v) is 1.21. The molecule has 0 fully saturated rings. The first-order valence-corrected chi connectivity index (χ1v) is 4.16. The Kier molecular flexibility index (Phi) is 2.65. The van der Waals surface area contributed by atoms with Crippen LogP contribution in [0.3, 0.4) is 0 Å². The van der Waals surface area contributed by atoms with Gasteiger partial charge in [-0.1, -0.05) is 22.5 Å². The molecular formula is C9H8BrNO. The highest BCUT2D eigenvalue weighted by molar-refractivity contribution is 9.10. The average Bonchev–Trinajstić information content (AvgIpc) is 2.08. The summed E-state index contributed by atoms with van der Waals surface area (Å²) in [6.07, 6.45) is 1.25. The second kappa shape index (κ2) is 3.54. The second-order valence-corrected chi connectivity index (χ2v) is 3.22. The number of hydrogen-bond donors (Lipinski definition) is 1. The molecule has 0 spiro atoms. The molecule has 12 heavy (non-hydrogen) atoms. The highest BCUT2D eigenvalue weighted by atomic mass is 79.9. The maximum Gasteiger partial charge on any atom is 0.187 e. The third-order valence-corrected chi connectivity index (χ3v) is 1.96. The summed E-state index contributed by atoms with van der Waals surface area (Å²) in [6, 6.07) is 5.15. The molecule has 0 atom stereocenters. The number of hydrogen-bond acceptors (Lipinski definition) is 2. The normalized spacial score (nSPS) is 9.42. The maximum absolute atomic E-state index is 11.2. The summed E-state index contributed by atoms with van der Waals surface area (Å²) in [7, 11) is 0. The van der Waals surface area contributed by atoms with Crippen LogP contribution in [0.4, 0.5) is 5.69 Å². The Labute approximate surface area is 79.2 Å². The van der Waals surface area contributed by atoms with Gasteiger partial charge in [0.25, 0.3) is 0 Å². The minimum Gasteiger partial charge on any atom is -0.398 e. The van der Waals surface area contributed by atoms with E-state index in [2.05, 4.69) is 22.5 Å². The summed E-state index contributed by atoms with van der Waals surface area (Å²) >= 11 is 3.25. The Balaban J connectivity index is 3.22. The van der Waals surface area contributed by atoms with E-state index < -0.39 is 0 Å². The SMILES string of the molecule is C=CC(=O)c1cc(Br)ccc1N. The van der Waals surface area contributed by atoms with Crippen molar-refractivity contribution in [2.24, 2.45) is 0 Å². The third-order valence-electron chi connectivity index (χ3n) is 1.47. The zero-order valence-corrected chi connectivity index (χ0v) is 7.97. The third kappa shape index (κ3) is 1.74. The molecule has 0 saturated carbocycles. The molecule has 0 unspecified atom stereocenters. The number of carbonyl (C=O) groups is 1. The van der Waals surface area contributed by atoms with Crippen molar-refractivity contribution in [2.45, 2.75) is 0 Å². The van der Waals surface area contributed by atoms with Crippen LogP contribution < -0.4 is 5.73 Å². The van der Waals surface area contributed by atoms with Crippen LogP contribution in [0, 0.1) is 0 Å². The zero-order chi connectivity index (χ0) is 9.14. The second-order valence-electron chi connectivity index (χ2n) is 2.30. The van der Waals surface area contributed by atoms with Gasteiger partial charge in [-0.05, 0) is 24.3 Å². The molecule has 0 saturated heterocycles. The number of nitrogen functional groups attached to an aromatic ring is 1. The minimum absolute atomic E-state index is 0.159. The molecule has 0 aliphatic carbocycles. The van der Waals surface area contributed by atoms with Gasteiger partial charge in [0.05, 0.1) is 0 Å². The molecule has 0 bridgehead atoms. The molecule has 0 aromatic heterocycles. The number of carbonyl (C=O) groups excluding carboxylic acids is 1. The lowest BCUT2D eigenvalue weighted by atomic mass is 10.1. The van der Waals surface area contributed by atoms with Gasteiger partial charge in [0, 0.05) is 15.7 Å². The number of benzene rings is 1. The van der Waals surface area contributed by atoms with Gasteiger partial charge in [-0.2, -0.15) is 0 Å². The first-order chi connectivity index (χ1) is 5.65. The van der Waals surface area contributed by atoms with Crippen molar-refractivity contribution in [1.29, 1.82) is 0 Å². The van der Waals surface area contributed by atoms with Crippen LogP contribution in [0.2, 0.25) is 0 Å². The highest BCUT2D eigenvalue weighted by Crippen LogP contribution is 2.18. The van der Waals surface area contributed by atoms with Gasteiger partial charge in [-0.15, -0.1) is 0 Å². The first kappa shape index (κ1) is 9.00. The maximum atomic E-state index is 11.2. The predicted molar refractivity (Wildman–Crippen MR) is 53.1 cm³/mol. The van der Waals surface area contributed by atoms with Gasteiger partial charge >= 0.3 is 0 Å². The predicted octanol–water partition coefficient (Wildman–Crippen LogP) is 2.40. The summed E-state index contributed by atoms with van der Waals surface area (Å²) in [4.78, 5) is 11.2. The van der Waals surface area contributed by atoms with Crippen molar-refractivity contribution in [1.82, 2.24) is 0 Å². The number of ketones is 1. The van der Waals surface area contributed by atoms with Crippen LogP contribution in [0.15, 0.2) is 35.3 Å². The number of halogens is 1. The van der Waals surface area contributed by atoms with Crippen LogP contribution >= 0.6 is 15.9 Å². The van der Waals surface area contributed by atoms with Crippen LogP contribution in [-0.4, -0.2) is 5.78 Å². The summed E-state index contributed by atoms with van der Waals surface area (Å²) < 4.78 is 0.835. The van der Waals surface area contributed by atoms with Crippen LogP contribution in [0.5, 0.6) is 0 Å². The number of allylic oxidation sites excluding steroid dienone is 1. The molecule has 2 N–H and O–H groups in total. The number of rotatable bonds is 2. The Morgan fingerprint density at radius 1 is 1.58 bits per heavy atom. The molecule has 62 valence electrons. The Morgan fingerprint density at radius 3 is 2.83 bits per heavy atom. The molecule has 0 aliphatic rings. The summed E-state index contributed by atoms with van der Waals surface area (Å²) in [5.74, 6) is -0.159. The van der Waals surface area contributed by atoms with Crippen molar-refractivity contribution in [2.75, 3.05) is 5.73 Å². The van der Waals surface area contributed by atoms with Gasteiger partial charge in [0.2, 0.25) is 0 Å². The van der Waals surface area contributed by atoms with Crippen molar-refractivity contribution in [3.05, 3.63) is 40.9 Å². The lowest BCUT2D eigenvalue weighted by Gasteiger charge is -2.01. The molecule has 2 nitrogen and oxygen atoms in total. The van der Waals surface area contributed by atoms with Gasteiger partial charge in [-0.25, -0.2) is 0 Å². The fraction of sp³-hybridized carbons (Fsp3) is 0. The van der Waals surface area contributed by atoms with Gasteiger partial charge in [0.15, 0.2) is 5.78 Å². The summed E-state index contributed by atoms with van der Waals surface area (Å²) in [6.45, 7) is 3.39. The van der Waals surface area contributed by atoms with E-state index in [-0.39, 0.29) is 5.78 Å². The van der Waals surface area contributed by atoms with E-state index in [4.69, 9.17) is 5.73 Å². The van der Waals surface area contributed by atoms with Gasteiger partial charge in [0.1, 0.15) is 0 Å². The Hall–Kier alpha value is -1.09. The monoisotopic (exact) mass is 225 g/mol. The van der Waals surface area contributed by atoms with E-state index >= 15 is 0 Å². The lowest BCUT2D eigenvalue weighted by Crippen LogP contribution is -1.99. The van der Waals surface area contributed by atoms with E-state index in [0.717, 1.165) is 4.47 Å². The summed E-state index contributed by atoms with van der Waals surface area (Å²) in [5, 5.41) is 0. The van der Waals surface area contributed by atoms with E-state index in [1.54, 1.807) is 18.2 Å². The average molecular weight is 226 g/mol. The van der Waals surface area contributed by atoms with E-state index in [9.17, 15) is 4.79 Å². The van der Waals surface area contributed by atoms with Crippen molar-refractivity contribution in [3.8, 4) is 0 Å². The standard InChI is InChI=1S/C9H8BrNO/c1-2-9(12)7-5-6(10)3-4-8(7)11/h2-5H,1,11H2. The Morgan fingerprint density at radius 2 is 2.25 bits per heavy atom.